The molecule has 9 heteroatoms. The fraction of sp³-hybridized carbons (Fsp3) is 0.286. The summed E-state index contributed by atoms with van der Waals surface area (Å²) in [7, 11) is 0. The van der Waals surface area contributed by atoms with Gasteiger partial charge in [0, 0.05) is 0 Å². The summed E-state index contributed by atoms with van der Waals surface area (Å²) in [4.78, 5) is 11.6. The molecule has 0 aliphatic heterocycles. The summed E-state index contributed by atoms with van der Waals surface area (Å²) < 4.78 is 12.0. The lowest BCUT2D eigenvalue weighted by Gasteiger charge is -2.01. The van der Waals surface area contributed by atoms with Gasteiger partial charge in [0.1, 0.15) is 31.3 Å². The van der Waals surface area contributed by atoms with Gasteiger partial charge in [0.25, 0.3) is 0 Å². The molecule has 0 saturated heterocycles. The third-order valence-electron chi connectivity index (χ3n) is 3.77. The Morgan fingerprint density at radius 2 is 1.23 bits per heavy atom. The Morgan fingerprint density at radius 1 is 0.733 bits per heavy atom. The molecular formula is C21H20Cl2IN3O3. The molecule has 1 N–H and O–H groups in total. The predicted molar refractivity (Wildman–Crippen MR) is 124 cm³/mol. The molecule has 2 fully saturated rings. The van der Waals surface area contributed by atoms with Gasteiger partial charge >= 0.3 is 0 Å². The van der Waals surface area contributed by atoms with E-state index in [4.69, 9.17) is 37.8 Å². The second-order valence-corrected chi connectivity index (χ2v) is 8.49. The Kier molecular flexibility index (Phi) is 8.77. The SMILES string of the molecule is Clc1ccc(OC2CC2)cn1.Ic1ccc(OC2CC2)cn1.Oc1ccc(Cl)nc1. The molecule has 2 aliphatic rings. The minimum absolute atomic E-state index is 0.134. The summed E-state index contributed by atoms with van der Waals surface area (Å²) in [5, 5.41) is 9.53. The van der Waals surface area contributed by atoms with Crippen molar-refractivity contribution in [3.8, 4) is 17.2 Å². The van der Waals surface area contributed by atoms with Crippen molar-refractivity contribution in [2.45, 2.75) is 37.9 Å². The molecule has 3 aromatic heterocycles. The first kappa shape index (κ1) is 22.8. The Labute approximate surface area is 198 Å². The Morgan fingerprint density at radius 3 is 1.60 bits per heavy atom. The summed E-state index contributed by atoms with van der Waals surface area (Å²) in [6.45, 7) is 0. The smallest absolute Gasteiger partial charge is 0.138 e. The Balaban J connectivity index is 0.000000130. The highest BCUT2D eigenvalue weighted by Gasteiger charge is 2.23. The van der Waals surface area contributed by atoms with Gasteiger partial charge < -0.3 is 14.6 Å². The summed E-state index contributed by atoms with van der Waals surface area (Å²) in [6, 6.07) is 10.5. The molecular weight excluding hydrogens is 540 g/mol. The van der Waals surface area contributed by atoms with Gasteiger partial charge in [0.05, 0.1) is 30.8 Å². The number of aromatic nitrogens is 3. The summed E-state index contributed by atoms with van der Waals surface area (Å²) >= 11 is 13.2. The molecule has 0 radical (unpaired) electrons. The Bertz CT molecular complexity index is 828. The zero-order valence-corrected chi connectivity index (χ0v) is 19.6. The van der Waals surface area contributed by atoms with E-state index in [0.717, 1.165) is 15.2 Å². The first-order chi connectivity index (χ1) is 14.5. The lowest BCUT2D eigenvalue weighted by Crippen LogP contribution is -1.96. The highest BCUT2D eigenvalue weighted by molar-refractivity contribution is 14.1. The topological polar surface area (TPSA) is 77.4 Å². The number of rotatable bonds is 4. The summed E-state index contributed by atoms with van der Waals surface area (Å²) in [5.74, 6) is 1.85. The minimum atomic E-state index is 0.134. The lowest BCUT2D eigenvalue weighted by atomic mass is 10.5. The maximum absolute atomic E-state index is 8.64. The molecule has 2 aliphatic carbocycles. The average Bonchev–Trinajstić information content (AvgIpc) is 3.66. The maximum atomic E-state index is 8.64. The van der Waals surface area contributed by atoms with Gasteiger partial charge in [-0.25, -0.2) is 15.0 Å². The van der Waals surface area contributed by atoms with Crippen LogP contribution in [-0.4, -0.2) is 32.3 Å². The molecule has 3 heterocycles. The van der Waals surface area contributed by atoms with Crippen LogP contribution < -0.4 is 9.47 Å². The van der Waals surface area contributed by atoms with E-state index in [9.17, 15) is 0 Å². The van der Waals surface area contributed by atoms with Crippen LogP contribution in [0.1, 0.15) is 25.7 Å². The van der Waals surface area contributed by atoms with Crippen LogP contribution in [0.3, 0.4) is 0 Å². The fourth-order valence-corrected chi connectivity index (χ4v) is 2.53. The highest BCUT2D eigenvalue weighted by Crippen LogP contribution is 2.27. The average molecular weight is 560 g/mol. The van der Waals surface area contributed by atoms with Crippen LogP contribution in [0.4, 0.5) is 0 Å². The minimum Gasteiger partial charge on any atom is -0.506 e. The first-order valence-corrected chi connectivity index (χ1v) is 11.2. The largest absolute Gasteiger partial charge is 0.506 e. The van der Waals surface area contributed by atoms with Gasteiger partial charge in [-0.2, -0.15) is 0 Å². The fourth-order valence-electron chi connectivity index (χ4n) is 1.99. The molecule has 5 rings (SSSR count). The first-order valence-electron chi connectivity index (χ1n) is 9.35. The summed E-state index contributed by atoms with van der Waals surface area (Å²) in [6.07, 6.45) is 10.4. The number of pyridine rings is 3. The molecule has 6 nitrogen and oxygen atoms in total. The molecule has 2 saturated carbocycles. The van der Waals surface area contributed by atoms with Crippen LogP contribution in [0.5, 0.6) is 17.2 Å². The van der Waals surface area contributed by atoms with Crippen molar-refractivity contribution in [2.24, 2.45) is 0 Å². The number of halogens is 3. The molecule has 30 heavy (non-hydrogen) atoms. The van der Waals surface area contributed by atoms with Crippen LogP contribution in [0.25, 0.3) is 0 Å². The van der Waals surface area contributed by atoms with Crippen molar-refractivity contribution in [3.05, 3.63) is 69.0 Å². The number of hydrogen-bond donors (Lipinski definition) is 1. The van der Waals surface area contributed by atoms with Gasteiger partial charge in [0.2, 0.25) is 0 Å². The van der Waals surface area contributed by atoms with Crippen molar-refractivity contribution in [1.82, 2.24) is 15.0 Å². The second kappa shape index (κ2) is 11.5. The van der Waals surface area contributed by atoms with E-state index in [1.807, 2.05) is 18.2 Å². The Hall–Kier alpha value is -1.84. The predicted octanol–water partition coefficient (Wildman–Crippen LogP) is 5.94. The van der Waals surface area contributed by atoms with Gasteiger partial charge in [-0.05, 0) is 84.7 Å². The molecule has 0 bridgehead atoms. The molecule has 0 amide bonds. The number of nitrogens with zero attached hydrogens (tertiary/aromatic N) is 3. The van der Waals surface area contributed by atoms with E-state index in [2.05, 4.69) is 37.5 Å². The zero-order chi connectivity index (χ0) is 21.3. The van der Waals surface area contributed by atoms with Crippen LogP contribution in [-0.2, 0) is 0 Å². The molecule has 0 spiro atoms. The standard InChI is InChI=1S/C8H8ClNO.C8H8INO.C5H4ClNO/c2*9-8-4-3-7(5-10-8)11-6-1-2-6;6-5-2-1-4(8)3-7-5/h2*3-6H,1-2H2;1-3,8H. The van der Waals surface area contributed by atoms with E-state index >= 15 is 0 Å². The van der Waals surface area contributed by atoms with Crippen molar-refractivity contribution in [3.63, 3.8) is 0 Å². The maximum Gasteiger partial charge on any atom is 0.138 e. The van der Waals surface area contributed by atoms with E-state index in [1.54, 1.807) is 18.5 Å². The van der Waals surface area contributed by atoms with Crippen LogP contribution >= 0.6 is 45.8 Å². The van der Waals surface area contributed by atoms with Gasteiger partial charge in [0.15, 0.2) is 0 Å². The number of hydrogen-bond acceptors (Lipinski definition) is 6. The molecule has 0 atom stereocenters. The van der Waals surface area contributed by atoms with Crippen molar-refractivity contribution in [2.75, 3.05) is 0 Å². The third-order valence-corrected chi connectivity index (χ3v) is 4.85. The summed E-state index contributed by atoms with van der Waals surface area (Å²) in [5.41, 5.74) is 0. The van der Waals surface area contributed by atoms with E-state index in [0.29, 0.717) is 22.5 Å². The van der Waals surface area contributed by atoms with Gasteiger partial charge in [-0.1, -0.05) is 23.2 Å². The highest BCUT2D eigenvalue weighted by atomic mass is 127. The second-order valence-electron chi connectivity index (χ2n) is 6.61. The number of aromatic hydroxyl groups is 1. The third kappa shape index (κ3) is 9.32. The molecule has 3 aromatic rings. The van der Waals surface area contributed by atoms with Crippen LogP contribution in [0, 0.1) is 3.70 Å². The van der Waals surface area contributed by atoms with E-state index < -0.39 is 0 Å². The molecule has 0 unspecified atom stereocenters. The van der Waals surface area contributed by atoms with Gasteiger partial charge in [-0.3, -0.25) is 0 Å². The number of ether oxygens (including phenoxy) is 2. The molecule has 158 valence electrons. The zero-order valence-electron chi connectivity index (χ0n) is 15.9. The van der Waals surface area contributed by atoms with Crippen molar-refractivity contribution >= 4 is 45.8 Å². The van der Waals surface area contributed by atoms with Crippen molar-refractivity contribution < 1.29 is 14.6 Å². The van der Waals surface area contributed by atoms with Crippen molar-refractivity contribution in [1.29, 1.82) is 0 Å². The lowest BCUT2D eigenvalue weighted by molar-refractivity contribution is 0.301. The quantitative estimate of drug-likeness (QED) is 0.315. The van der Waals surface area contributed by atoms with Gasteiger partial charge in [-0.15, -0.1) is 0 Å². The van der Waals surface area contributed by atoms with E-state index in [-0.39, 0.29) is 5.75 Å². The van der Waals surface area contributed by atoms with Crippen LogP contribution in [0.15, 0.2) is 55.0 Å². The normalized spacial score (nSPS) is 14.5. The van der Waals surface area contributed by atoms with E-state index in [1.165, 1.54) is 44.0 Å². The molecule has 0 aromatic carbocycles. The van der Waals surface area contributed by atoms with Crippen LogP contribution in [0.2, 0.25) is 10.3 Å². The monoisotopic (exact) mass is 559 g/mol.